The second kappa shape index (κ2) is 5.89. The predicted molar refractivity (Wildman–Crippen MR) is 75.9 cm³/mol. The van der Waals surface area contributed by atoms with Gasteiger partial charge in [0.1, 0.15) is 23.1 Å². The Bertz CT molecular complexity index is 642. The van der Waals surface area contributed by atoms with Crippen molar-refractivity contribution in [3.63, 3.8) is 0 Å². The fraction of sp³-hybridized carbons (Fsp3) is 0.200. The van der Waals surface area contributed by atoms with E-state index >= 15 is 0 Å². The Kier molecular flexibility index (Phi) is 4.40. The van der Waals surface area contributed by atoms with Gasteiger partial charge in [0.25, 0.3) is 0 Å². The van der Waals surface area contributed by atoms with E-state index in [0.717, 1.165) is 0 Å². The highest BCUT2D eigenvalue weighted by atomic mass is 79.9. The summed E-state index contributed by atoms with van der Waals surface area (Å²) in [5.41, 5.74) is 0.749. The van der Waals surface area contributed by atoms with Gasteiger partial charge in [-0.2, -0.15) is 0 Å². The number of hydrogen-bond donors (Lipinski definition) is 1. The molecule has 106 valence electrons. The van der Waals surface area contributed by atoms with Crippen molar-refractivity contribution in [1.29, 1.82) is 0 Å². The van der Waals surface area contributed by atoms with Crippen LogP contribution < -0.4 is 4.74 Å². The first-order valence-electron chi connectivity index (χ1n) is 5.99. The number of aliphatic hydroxyl groups excluding tert-OH is 1. The molecule has 0 fully saturated rings. The topological polar surface area (TPSA) is 29.5 Å². The summed E-state index contributed by atoms with van der Waals surface area (Å²) in [6.07, 6.45) is -0.871. The lowest BCUT2D eigenvalue weighted by Crippen LogP contribution is -1.99. The molecule has 2 nitrogen and oxygen atoms in total. The molecule has 20 heavy (non-hydrogen) atoms. The van der Waals surface area contributed by atoms with Crippen molar-refractivity contribution in [2.45, 2.75) is 20.0 Å². The van der Waals surface area contributed by atoms with Gasteiger partial charge in [0, 0.05) is 5.56 Å². The van der Waals surface area contributed by atoms with Crippen LogP contribution in [0.25, 0.3) is 0 Å². The van der Waals surface area contributed by atoms with E-state index in [1.54, 1.807) is 6.92 Å². The Morgan fingerprint density at radius 1 is 1.15 bits per heavy atom. The fourth-order valence-electron chi connectivity index (χ4n) is 1.75. The van der Waals surface area contributed by atoms with Crippen LogP contribution in [0, 0.1) is 18.6 Å². The Balaban J connectivity index is 2.41. The van der Waals surface area contributed by atoms with Crippen molar-refractivity contribution >= 4 is 15.9 Å². The third-order valence-electron chi connectivity index (χ3n) is 2.86. The molecule has 0 aliphatic rings. The van der Waals surface area contributed by atoms with Crippen LogP contribution in [0.5, 0.6) is 11.5 Å². The molecule has 0 saturated heterocycles. The van der Waals surface area contributed by atoms with E-state index in [9.17, 15) is 13.9 Å². The van der Waals surface area contributed by atoms with Crippen molar-refractivity contribution in [1.82, 2.24) is 0 Å². The molecule has 0 heterocycles. The largest absolute Gasteiger partial charge is 0.457 e. The lowest BCUT2D eigenvalue weighted by Gasteiger charge is -2.15. The van der Waals surface area contributed by atoms with Gasteiger partial charge in [0.2, 0.25) is 0 Å². The zero-order valence-corrected chi connectivity index (χ0v) is 12.5. The molecule has 0 bridgehead atoms. The zero-order valence-electron chi connectivity index (χ0n) is 11.0. The summed E-state index contributed by atoms with van der Waals surface area (Å²) in [4.78, 5) is 0. The Morgan fingerprint density at radius 3 is 2.45 bits per heavy atom. The highest BCUT2D eigenvalue weighted by Gasteiger charge is 2.14. The number of aliphatic hydroxyl groups is 1. The molecular weight excluding hydrogens is 330 g/mol. The minimum Gasteiger partial charge on any atom is -0.457 e. The van der Waals surface area contributed by atoms with Crippen LogP contribution in [-0.2, 0) is 0 Å². The van der Waals surface area contributed by atoms with Crippen LogP contribution >= 0.6 is 15.9 Å². The van der Waals surface area contributed by atoms with E-state index in [0.29, 0.717) is 22.6 Å². The first-order chi connectivity index (χ1) is 9.38. The highest BCUT2D eigenvalue weighted by Crippen LogP contribution is 2.33. The fourth-order valence-corrected chi connectivity index (χ4v) is 2.11. The van der Waals surface area contributed by atoms with Crippen LogP contribution in [-0.4, -0.2) is 5.11 Å². The third kappa shape index (κ3) is 3.16. The number of halogens is 3. The van der Waals surface area contributed by atoms with Crippen molar-refractivity contribution in [3.8, 4) is 11.5 Å². The molecule has 0 aliphatic heterocycles. The zero-order chi connectivity index (χ0) is 14.9. The van der Waals surface area contributed by atoms with Crippen LogP contribution in [0.15, 0.2) is 34.8 Å². The predicted octanol–water partition coefficient (Wildman–Crippen LogP) is 4.88. The first kappa shape index (κ1) is 14.9. The summed E-state index contributed by atoms with van der Waals surface area (Å²) in [6, 6.07) is 6.95. The van der Waals surface area contributed by atoms with Gasteiger partial charge >= 0.3 is 0 Å². The SMILES string of the molecule is Cc1cc(Oc2ccc(F)c(Br)c2)c([C@@H](C)O)cc1F. The quantitative estimate of drug-likeness (QED) is 0.861. The third-order valence-corrected chi connectivity index (χ3v) is 3.47. The van der Waals surface area contributed by atoms with Crippen molar-refractivity contribution < 1.29 is 18.6 Å². The molecule has 1 N–H and O–H groups in total. The maximum atomic E-state index is 13.6. The normalized spacial score (nSPS) is 12.3. The molecular formula is C15H13BrF2O2. The molecule has 0 radical (unpaired) electrons. The molecule has 0 aromatic heterocycles. The van der Waals surface area contributed by atoms with Gasteiger partial charge < -0.3 is 9.84 Å². The lowest BCUT2D eigenvalue weighted by molar-refractivity contribution is 0.195. The summed E-state index contributed by atoms with van der Waals surface area (Å²) in [5, 5.41) is 9.68. The van der Waals surface area contributed by atoms with Gasteiger partial charge in [0.15, 0.2) is 0 Å². The average Bonchev–Trinajstić information content (AvgIpc) is 2.37. The average molecular weight is 343 g/mol. The molecule has 2 rings (SSSR count). The summed E-state index contributed by atoms with van der Waals surface area (Å²) in [5.74, 6) is -0.0690. The van der Waals surface area contributed by atoms with E-state index < -0.39 is 17.7 Å². The summed E-state index contributed by atoms with van der Waals surface area (Å²) in [7, 11) is 0. The molecule has 5 heteroatoms. The summed E-state index contributed by atoms with van der Waals surface area (Å²) < 4.78 is 32.6. The van der Waals surface area contributed by atoms with Crippen LogP contribution in [0.2, 0.25) is 0 Å². The molecule has 0 unspecified atom stereocenters. The molecule has 0 amide bonds. The molecule has 0 saturated carbocycles. The second-order valence-corrected chi connectivity index (χ2v) is 5.35. The summed E-state index contributed by atoms with van der Waals surface area (Å²) in [6.45, 7) is 3.13. The Morgan fingerprint density at radius 2 is 1.85 bits per heavy atom. The molecule has 1 atom stereocenters. The Labute approximate surface area is 124 Å². The van der Waals surface area contributed by atoms with Crippen LogP contribution in [0.3, 0.4) is 0 Å². The van der Waals surface area contributed by atoms with Gasteiger partial charge in [0.05, 0.1) is 10.6 Å². The van der Waals surface area contributed by atoms with Crippen molar-refractivity contribution in [3.05, 3.63) is 57.6 Å². The number of aryl methyl sites for hydroxylation is 1. The van der Waals surface area contributed by atoms with E-state index in [2.05, 4.69) is 15.9 Å². The van der Waals surface area contributed by atoms with E-state index in [4.69, 9.17) is 4.74 Å². The van der Waals surface area contributed by atoms with Crippen LogP contribution in [0.4, 0.5) is 8.78 Å². The molecule has 2 aromatic rings. The Hall–Kier alpha value is -1.46. The second-order valence-electron chi connectivity index (χ2n) is 4.49. The van der Waals surface area contributed by atoms with Gasteiger partial charge in [-0.05, 0) is 65.7 Å². The molecule has 2 aromatic carbocycles. The minimum atomic E-state index is -0.871. The number of ether oxygens (including phenoxy) is 1. The van der Waals surface area contributed by atoms with Gasteiger partial charge in [-0.1, -0.05) is 0 Å². The van der Waals surface area contributed by atoms with Crippen molar-refractivity contribution in [2.24, 2.45) is 0 Å². The number of hydrogen-bond acceptors (Lipinski definition) is 2. The first-order valence-corrected chi connectivity index (χ1v) is 6.79. The smallest absolute Gasteiger partial charge is 0.137 e. The van der Waals surface area contributed by atoms with Gasteiger partial charge in [-0.25, -0.2) is 8.78 Å². The van der Waals surface area contributed by atoms with E-state index in [1.165, 1.54) is 37.3 Å². The maximum Gasteiger partial charge on any atom is 0.137 e. The lowest BCUT2D eigenvalue weighted by atomic mass is 10.1. The minimum absolute atomic E-state index is 0.271. The molecule has 0 aliphatic carbocycles. The molecule has 0 spiro atoms. The monoisotopic (exact) mass is 342 g/mol. The van der Waals surface area contributed by atoms with Gasteiger partial charge in [-0.3, -0.25) is 0 Å². The van der Waals surface area contributed by atoms with E-state index in [1.807, 2.05) is 0 Å². The number of rotatable bonds is 3. The standard InChI is InChI=1S/C15H13BrF2O2/c1-8-5-15(11(9(2)19)7-14(8)18)20-10-3-4-13(17)12(16)6-10/h3-7,9,19H,1-2H3/t9-/m1/s1. The van der Waals surface area contributed by atoms with Gasteiger partial charge in [-0.15, -0.1) is 0 Å². The van der Waals surface area contributed by atoms with Crippen LogP contribution in [0.1, 0.15) is 24.2 Å². The highest BCUT2D eigenvalue weighted by molar-refractivity contribution is 9.10. The van der Waals surface area contributed by atoms with Crippen molar-refractivity contribution in [2.75, 3.05) is 0 Å². The maximum absolute atomic E-state index is 13.6. The van der Waals surface area contributed by atoms with E-state index in [-0.39, 0.29) is 4.47 Å². The number of benzene rings is 2. The summed E-state index contributed by atoms with van der Waals surface area (Å²) >= 11 is 3.07.